The van der Waals surface area contributed by atoms with Gasteiger partial charge in [0.2, 0.25) is 11.8 Å². The Kier molecular flexibility index (Phi) is 8.73. The number of carbonyl (C=O) groups is 3. The molecule has 1 fully saturated rings. The summed E-state index contributed by atoms with van der Waals surface area (Å²) in [6, 6.07) is 11.9. The van der Waals surface area contributed by atoms with Gasteiger partial charge in [-0.25, -0.2) is 9.18 Å². The minimum atomic E-state index is -0.869. The maximum atomic E-state index is 13.9. The SMILES string of the molecule is C=CCC1CCCN1C(=O)C(Cc1ccc(F)cc1)NC(=O)C1Cc2ccccc2CN1C(=O)OC(C)(C)C. The van der Waals surface area contributed by atoms with E-state index in [1.54, 1.807) is 32.9 Å². The summed E-state index contributed by atoms with van der Waals surface area (Å²) in [7, 11) is 0. The van der Waals surface area contributed by atoms with Crippen molar-refractivity contribution in [3.05, 3.63) is 83.7 Å². The molecule has 0 aromatic heterocycles. The van der Waals surface area contributed by atoms with Crippen LogP contribution < -0.4 is 5.32 Å². The van der Waals surface area contributed by atoms with E-state index < -0.39 is 29.7 Å². The van der Waals surface area contributed by atoms with E-state index >= 15 is 0 Å². The number of rotatable bonds is 7. The monoisotopic (exact) mass is 535 g/mol. The van der Waals surface area contributed by atoms with Crippen molar-refractivity contribution >= 4 is 17.9 Å². The number of likely N-dealkylation sites (tertiary alicyclic amines) is 1. The quantitative estimate of drug-likeness (QED) is 0.518. The Morgan fingerprint density at radius 2 is 1.79 bits per heavy atom. The summed E-state index contributed by atoms with van der Waals surface area (Å²) in [6.45, 7) is 10.0. The molecule has 3 atom stereocenters. The Morgan fingerprint density at radius 3 is 2.46 bits per heavy atom. The highest BCUT2D eigenvalue weighted by molar-refractivity contribution is 5.92. The fourth-order valence-corrected chi connectivity index (χ4v) is 5.36. The second-order valence-electron chi connectivity index (χ2n) is 11.3. The summed E-state index contributed by atoms with van der Waals surface area (Å²) >= 11 is 0. The molecule has 2 heterocycles. The van der Waals surface area contributed by atoms with Crippen molar-refractivity contribution in [2.24, 2.45) is 0 Å². The zero-order valence-electron chi connectivity index (χ0n) is 23.0. The predicted octanol–water partition coefficient (Wildman–Crippen LogP) is 4.78. The van der Waals surface area contributed by atoms with Crippen molar-refractivity contribution in [2.75, 3.05) is 6.54 Å². The van der Waals surface area contributed by atoms with Gasteiger partial charge in [-0.1, -0.05) is 42.5 Å². The molecular formula is C31H38FN3O4. The molecule has 3 unspecified atom stereocenters. The normalized spacial score (nSPS) is 19.7. The Hall–Kier alpha value is -3.68. The van der Waals surface area contributed by atoms with Crippen LogP contribution in [0, 0.1) is 5.82 Å². The summed E-state index contributed by atoms with van der Waals surface area (Å²) in [6.07, 6.45) is 4.17. The third kappa shape index (κ3) is 7.05. The van der Waals surface area contributed by atoms with E-state index in [-0.39, 0.29) is 30.7 Å². The predicted molar refractivity (Wildman–Crippen MR) is 147 cm³/mol. The fourth-order valence-electron chi connectivity index (χ4n) is 5.36. The Labute approximate surface area is 230 Å². The zero-order valence-corrected chi connectivity index (χ0v) is 23.0. The maximum absolute atomic E-state index is 13.9. The highest BCUT2D eigenvalue weighted by atomic mass is 19.1. The number of nitrogens with one attached hydrogen (secondary N) is 1. The molecule has 2 aromatic rings. The van der Waals surface area contributed by atoms with E-state index in [1.807, 2.05) is 35.2 Å². The van der Waals surface area contributed by atoms with Crippen LogP contribution in [0.2, 0.25) is 0 Å². The number of benzene rings is 2. The van der Waals surface area contributed by atoms with Gasteiger partial charge in [-0.2, -0.15) is 0 Å². The van der Waals surface area contributed by atoms with Gasteiger partial charge >= 0.3 is 6.09 Å². The first kappa shape index (κ1) is 28.3. The van der Waals surface area contributed by atoms with Crippen molar-refractivity contribution in [3.63, 3.8) is 0 Å². The zero-order chi connectivity index (χ0) is 28.2. The van der Waals surface area contributed by atoms with Crippen molar-refractivity contribution in [1.29, 1.82) is 0 Å². The second kappa shape index (κ2) is 12.0. The summed E-state index contributed by atoms with van der Waals surface area (Å²) in [5.41, 5.74) is 1.93. The van der Waals surface area contributed by atoms with Crippen LogP contribution in [0.25, 0.3) is 0 Å². The molecule has 0 spiro atoms. The lowest BCUT2D eigenvalue weighted by atomic mass is 9.93. The highest BCUT2D eigenvalue weighted by Gasteiger charge is 2.40. The van der Waals surface area contributed by atoms with Gasteiger partial charge < -0.3 is 15.0 Å². The van der Waals surface area contributed by atoms with E-state index in [0.717, 1.165) is 29.5 Å². The molecule has 39 heavy (non-hydrogen) atoms. The summed E-state index contributed by atoms with van der Waals surface area (Å²) in [5, 5.41) is 2.97. The van der Waals surface area contributed by atoms with Gasteiger partial charge in [-0.15, -0.1) is 6.58 Å². The number of hydrogen-bond donors (Lipinski definition) is 1. The summed E-state index contributed by atoms with van der Waals surface area (Å²) in [4.78, 5) is 44.2. The van der Waals surface area contributed by atoms with Crippen LogP contribution in [0.4, 0.5) is 9.18 Å². The molecule has 0 radical (unpaired) electrons. The van der Waals surface area contributed by atoms with Crippen molar-refractivity contribution in [3.8, 4) is 0 Å². The van der Waals surface area contributed by atoms with Crippen LogP contribution >= 0.6 is 0 Å². The molecule has 2 aromatic carbocycles. The highest BCUT2D eigenvalue weighted by Crippen LogP contribution is 2.27. The average molecular weight is 536 g/mol. The maximum Gasteiger partial charge on any atom is 0.411 e. The molecule has 8 heteroatoms. The molecule has 0 aliphatic carbocycles. The number of fused-ring (bicyclic) bond motifs is 1. The van der Waals surface area contributed by atoms with Crippen LogP contribution in [0.1, 0.15) is 56.7 Å². The number of amides is 3. The van der Waals surface area contributed by atoms with E-state index in [9.17, 15) is 18.8 Å². The van der Waals surface area contributed by atoms with Gasteiger partial charge in [-0.3, -0.25) is 14.5 Å². The standard InChI is InChI=1S/C31H38FN3O4/c1-5-9-25-12-8-17-34(25)29(37)26(18-21-13-15-24(32)16-14-21)33-28(36)27-19-22-10-6-7-11-23(22)20-35(27)30(38)39-31(2,3)4/h5-7,10-11,13-16,25-27H,1,8-9,12,17-20H2,2-4H3,(H,33,36). The summed E-state index contributed by atoms with van der Waals surface area (Å²) in [5.74, 6) is -0.975. The van der Waals surface area contributed by atoms with E-state index in [2.05, 4.69) is 11.9 Å². The Bertz CT molecular complexity index is 1210. The van der Waals surface area contributed by atoms with Crippen molar-refractivity contribution in [2.45, 2.75) is 83.1 Å². The fraction of sp³-hybridized carbons (Fsp3) is 0.452. The van der Waals surface area contributed by atoms with Crippen molar-refractivity contribution in [1.82, 2.24) is 15.1 Å². The third-order valence-electron chi connectivity index (χ3n) is 7.25. The van der Waals surface area contributed by atoms with Crippen LogP contribution in [-0.2, 0) is 33.7 Å². The van der Waals surface area contributed by atoms with Gasteiger partial charge in [0.1, 0.15) is 23.5 Å². The lowest BCUT2D eigenvalue weighted by Crippen LogP contribution is -2.58. The van der Waals surface area contributed by atoms with Gasteiger partial charge in [0.25, 0.3) is 0 Å². The largest absolute Gasteiger partial charge is 0.444 e. The van der Waals surface area contributed by atoms with Crippen LogP contribution in [0.5, 0.6) is 0 Å². The molecule has 1 saturated heterocycles. The third-order valence-corrected chi connectivity index (χ3v) is 7.25. The lowest BCUT2D eigenvalue weighted by Gasteiger charge is -2.38. The first-order chi connectivity index (χ1) is 18.6. The smallest absolute Gasteiger partial charge is 0.411 e. The molecular weight excluding hydrogens is 497 g/mol. The number of halogens is 1. The molecule has 3 amide bonds. The minimum Gasteiger partial charge on any atom is -0.444 e. The van der Waals surface area contributed by atoms with Gasteiger partial charge in [-0.05, 0) is 68.9 Å². The molecule has 1 N–H and O–H groups in total. The van der Waals surface area contributed by atoms with E-state index in [1.165, 1.54) is 17.0 Å². The molecule has 0 bridgehead atoms. The van der Waals surface area contributed by atoms with Gasteiger partial charge in [0, 0.05) is 25.4 Å². The number of nitrogens with zero attached hydrogens (tertiary/aromatic N) is 2. The van der Waals surface area contributed by atoms with E-state index in [4.69, 9.17) is 4.74 Å². The van der Waals surface area contributed by atoms with Crippen LogP contribution in [-0.4, -0.2) is 58.0 Å². The lowest BCUT2D eigenvalue weighted by molar-refractivity contribution is -0.138. The molecule has 0 saturated carbocycles. The molecule has 208 valence electrons. The van der Waals surface area contributed by atoms with Gasteiger partial charge in [0.05, 0.1) is 6.54 Å². The summed E-state index contributed by atoms with van der Waals surface area (Å²) < 4.78 is 19.2. The van der Waals surface area contributed by atoms with Gasteiger partial charge in [0.15, 0.2) is 0 Å². The first-order valence-corrected chi connectivity index (χ1v) is 13.6. The van der Waals surface area contributed by atoms with Crippen molar-refractivity contribution < 1.29 is 23.5 Å². The number of ether oxygens (including phenoxy) is 1. The molecule has 7 nitrogen and oxygen atoms in total. The molecule has 4 rings (SSSR count). The first-order valence-electron chi connectivity index (χ1n) is 13.6. The van der Waals surface area contributed by atoms with Crippen LogP contribution in [0.15, 0.2) is 61.2 Å². The van der Waals surface area contributed by atoms with E-state index in [0.29, 0.717) is 19.4 Å². The Morgan fingerprint density at radius 1 is 1.10 bits per heavy atom. The second-order valence-corrected chi connectivity index (χ2v) is 11.3. The van der Waals surface area contributed by atoms with Crippen LogP contribution in [0.3, 0.4) is 0 Å². The number of hydrogen-bond acceptors (Lipinski definition) is 4. The Balaban J connectivity index is 1.61. The topological polar surface area (TPSA) is 79.0 Å². The molecule has 2 aliphatic heterocycles. The minimum absolute atomic E-state index is 0.0300. The molecule has 2 aliphatic rings. The average Bonchev–Trinajstić information content (AvgIpc) is 3.35. The number of carbonyl (C=O) groups excluding carboxylic acids is 3.